The van der Waals surface area contributed by atoms with Crippen LogP contribution in [-0.2, 0) is 11.0 Å². The van der Waals surface area contributed by atoms with Gasteiger partial charge in [0, 0.05) is 6.20 Å². The number of aryl methyl sites for hydroxylation is 1. The van der Waals surface area contributed by atoms with Crippen LogP contribution in [0.5, 0.6) is 0 Å². The average molecular weight is 299 g/mol. The van der Waals surface area contributed by atoms with Gasteiger partial charge in [-0.2, -0.15) is 23.0 Å². The molecule has 0 fully saturated rings. The molecule has 0 saturated heterocycles. The third kappa shape index (κ3) is 3.36. The van der Waals surface area contributed by atoms with Gasteiger partial charge in [0.05, 0.1) is 5.56 Å². The van der Waals surface area contributed by atoms with Crippen molar-refractivity contribution in [3.8, 4) is 0 Å². The summed E-state index contributed by atoms with van der Waals surface area (Å²) in [5, 5.41) is 7.73. The summed E-state index contributed by atoms with van der Waals surface area (Å²) in [6.07, 6.45) is -1.06. The first-order chi connectivity index (χ1) is 9.93. The molecule has 2 heterocycles. The lowest BCUT2D eigenvalue weighted by Gasteiger charge is -2.11. The molecule has 21 heavy (non-hydrogen) atoms. The van der Waals surface area contributed by atoms with E-state index in [0.717, 1.165) is 12.3 Å². The van der Waals surface area contributed by atoms with Gasteiger partial charge >= 0.3 is 6.18 Å². The Labute approximate surface area is 118 Å². The highest BCUT2D eigenvalue weighted by atomic mass is 19.4. The fourth-order valence-electron chi connectivity index (χ4n) is 1.60. The van der Waals surface area contributed by atoms with Crippen molar-refractivity contribution in [3.63, 3.8) is 0 Å². The number of rotatable bonds is 3. The Morgan fingerprint density at radius 3 is 2.71 bits per heavy atom. The van der Waals surface area contributed by atoms with Gasteiger partial charge in [-0.1, -0.05) is 5.16 Å². The van der Waals surface area contributed by atoms with Gasteiger partial charge in [0.1, 0.15) is 25.0 Å². The van der Waals surface area contributed by atoms with Crippen molar-refractivity contribution in [2.24, 2.45) is 5.16 Å². The van der Waals surface area contributed by atoms with Gasteiger partial charge in [0.25, 0.3) is 0 Å². The lowest BCUT2D eigenvalue weighted by atomic mass is 10.1. The Hall–Kier alpha value is -2.45. The van der Waals surface area contributed by atoms with Gasteiger partial charge < -0.3 is 4.84 Å². The molecule has 0 saturated carbocycles. The third-order valence-electron chi connectivity index (χ3n) is 2.53. The van der Waals surface area contributed by atoms with Crippen LogP contribution in [0.4, 0.5) is 13.2 Å². The SMILES string of the molecule is CCO/N=C(\c1ncc(C(F)(F)F)cc1C)n1cncn1. The molecule has 2 aromatic heterocycles. The van der Waals surface area contributed by atoms with E-state index in [-0.39, 0.29) is 11.5 Å². The molecule has 0 unspecified atom stereocenters. The quantitative estimate of drug-likeness (QED) is 0.495. The molecule has 0 radical (unpaired) electrons. The van der Waals surface area contributed by atoms with E-state index in [4.69, 9.17) is 4.84 Å². The van der Waals surface area contributed by atoms with E-state index in [1.807, 2.05) is 0 Å². The van der Waals surface area contributed by atoms with Crippen LogP contribution in [0.1, 0.15) is 23.7 Å². The number of aromatic nitrogens is 4. The lowest BCUT2D eigenvalue weighted by Crippen LogP contribution is -2.19. The highest BCUT2D eigenvalue weighted by molar-refractivity contribution is 5.98. The summed E-state index contributed by atoms with van der Waals surface area (Å²) in [6.45, 7) is 3.54. The number of pyridine rings is 1. The van der Waals surface area contributed by atoms with Crippen molar-refractivity contribution < 1.29 is 18.0 Å². The van der Waals surface area contributed by atoms with Crippen LogP contribution < -0.4 is 0 Å². The molecule has 0 aliphatic rings. The minimum absolute atomic E-state index is 0.167. The van der Waals surface area contributed by atoms with Crippen LogP contribution >= 0.6 is 0 Å². The second-order valence-corrected chi connectivity index (χ2v) is 4.06. The molecule has 0 aromatic carbocycles. The Kier molecular flexibility index (Phi) is 4.20. The average Bonchev–Trinajstić information content (AvgIpc) is 2.93. The summed E-state index contributed by atoms with van der Waals surface area (Å²) in [5.74, 6) is 0.167. The normalized spacial score (nSPS) is 12.5. The molecule has 6 nitrogen and oxygen atoms in total. The first kappa shape index (κ1) is 14.9. The zero-order valence-corrected chi connectivity index (χ0v) is 11.3. The minimum atomic E-state index is -4.44. The zero-order chi connectivity index (χ0) is 15.5. The maximum atomic E-state index is 12.7. The summed E-state index contributed by atoms with van der Waals surface area (Å²) in [5.41, 5.74) is -0.279. The molecule has 112 valence electrons. The van der Waals surface area contributed by atoms with E-state index in [1.165, 1.54) is 24.3 Å². The number of nitrogens with zero attached hydrogens (tertiary/aromatic N) is 5. The predicted molar refractivity (Wildman–Crippen MR) is 67.6 cm³/mol. The smallest absolute Gasteiger partial charge is 0.394 e. The predicted octanol–water partition coefficient (Wildman–Crippen LogP) is 2.25. The zero-order valence-electron chi connectivity index (χ0n) is 11.3. The summed E-state index contributed by atoms with van der Waals surface area (Å²) in [4.78, 5) is 12.6. The summed E-state index contributed by atoms with van der Waals surface area (Å²) >= 11 is 0. The number of halogens is 3. The number of hydrogen-bond donors (Lipinski definition) is 0. The Morgan fingerprint density at radius 2 is 2.19 bits per heavy atom. The Balaban J connectivity index is 2.47. The molecule has 0 amide bonds. The summed E-state index contributed by atoms with van der Waals surface area (Å²) in [6, 6.07) is 1.00. The summed E-state index contributed by atoms with van der Waals surface area (Å²) in [7, 11) is 0. The van der Waals surface area contributed by atoms with Crippen molar-refractivity contribution in [2.75, 3.05) is 6.61 Å². The fraction of sp³-hybridized carbons (Fsp3) is 0.333. The fourth-order valence-corrected chi connectivity index (χ4v) is 1.60. The van der Waals surface area contributed by atoms with E-state index in [9.17, 15) is 13.2 Å². The van der Waals surface area contributed by atoms with Crippen LogP contribution in [0.3, 0.4) is 0 Å². The third-order valence-corrected chi connectivity index (χ3v) is 2.53. The van der Waals surface area contributed by atoms with Crippen LogP contribution in [0, 0.1) is 6.92 Å². The Morgan fingerprint density at radius 1 is 1.43 bits per heavy atom. The molecular formula is C12H12F3N5O. The van der Waals surface area contributed by atoms with Crippen molar-refractivity contribution in [1.82, 2.24) is 19.7 Å². The van der Waals surface area contributed by atoms with Gasteiger partial charge in [-0.05, 0) is 25.5 Å². The molecule has 0 N–H and O–H groups in total. The van der Waals surface area contributed by atoms with Crippen molar-refractivity contribution >= 4 is 5.84 Å². The second kappa shape index (κ2) is 5.90. The molecule has 9 heteroatoms. The van der Waals surface area contributed by atoms with Gasteiger partial charge in [-0.15, -0.1) is 0 Å². The second-order valence-electron chi connectivity index (χ2n) is 4.06. The van der Waals surface area contributed by atoms with E-state index < -0.39 is 11.7 Å². The van der Waals surface area contributed by atoms with E-state index in [1.54, 1.807) is 6.92 Å². The molecular weight excluding hydrogens is 287 g/mol. The monoisotopic (exact) mass is 299 g/mol. The van der Waals surface area contributed by atoms with Crippen molar-refractivity contribution in [1.29, 1.82) is 0 Å². The van der Waals surface area contributed by atoms with Crippen LogP contribution in [0.2, 0.25) is 0 Å². The molecule has 0 bridgehead atoms. The first-order valence-electron chi connectivity index (χ1n) is 6.02. The summed E-state index contributed by atoms with van der Waals surface area (Å²) < 4.78 is 39.2. The van der Waals surface area contributed by atoms with E-state index in [0.29, 0.717) is 12.2 Å². The first-order valence-corrected chi connectivity index (χ1v) is 6.02. The molecule has 0 spiro atoms. The Bertz CT molecular complexity index is 637. The van der Waals surface area contributed by atoms with Gasteiger partial charge in [0.2, 0.25) is 5.84 Å². The topological polar surface area (TPSA) is 65.2 Å². The van der Waals surface area contributed by atoms with Crippen LogP contribution in [-0.4, -0.2) is 32.2 Å². The van der Waals surface area contributed by atoms with E-state index in [2.05, 4.69) is 20.2 Å². The van der Waals surface area contributed by atoms with Gasteiger partial charge in [0.15, 0.2) is 0 Å². The number of alkyl halides is 3. The van der Waals surface area contributed by atoms with Crippen molar-refractivity contribution in [3.05, 3.63) is 41.7 Å². The molecule has 0 aliphatic heterocycles. The van der Waals surface area contributed by atoms with Crippen molar-refractivity contribution in [2.45, 2.75) is 20.0 Å². The van der Waals surface area contributed by atoms with Crippen LogP contribution in [0.15, 0.2) is 30.1 Å². The lowest BCUT2D eigenvalue weighted by molar-refractivity contribution is -0.137. The molecule has 2 aromatic rings. The number of hydrogen-bond acceptors (Lipinski definition) is 5. The molecule has 0 aliphatic carbocycles. The van der Waals surface area contributed by atoms with Crippen LogP contribution in [0.25, 0.3) is 0 Å². The largest absolute Gasteiger partial charge is 0.417 e. The molecule has 2 rings (SSSR count). The number of oxime groups is 1. The highest BCUT2D eigenvalue weighted by Gasteiger charge is 2.31. The van der Waals surface area contributed by atoms with Gasteiger partial charge in [-0.25, -0.2) is 4.98 Å². The van der Waals surface area contributed by atoms with E-state index >= 15 is 0 Å². The maximum absolute atomic E-state index is 12.7. The highest BCUT2D eigenvalue weighted by Crippen LogP contribution is 2.29. The standard InChI is InChI=1S/C12H12F3N5O/c1-3-21-19-11(20-7-16-6-18-20)10-8(2)4-9(5-17-10)12(13,14)15/h4-7H,3H2,1-2H3/b19-11+. The molecule has 0 atom stereocenters. The van der Waals surface area contributed by atoms with Gasteiger partial charge in [-0.3, -0.25) is 4.98 Å². The maximum Gasteiger partial charge on any atom is 0.417 e. The minimum Gasteiger partial charge on any atom is -0.394 e.